The lowest BCUT2D eigenvalue weighted by atomic mass is 10.0. The maximum absolute atomic E-state index is 12.1. The first kappa shape index (κ1) is 20.6. The number of benzene rings is 1. The minimum absolute atomic E-state index is 0. The lowest BCUT2D eigenvalue weighted by Crippen LogP contribution is -2.46. The summed E-state index contributed by atoms with van der Waals surface area (Å²) in [4.78, 5) is 11.9. The fraction of sp³-hybridized carbons (Fsp3) is 0.562. The van der Waals surface area contributed by atoms with Gasteiger partial charge in [-0.15, -0.1) is 25.6 Å². The molecule has 8 heteroatoms. The van der Waals surface area contributed by atoms with Gasteiger partial charge in [-0.25, -0.2) is 0 Å². The number of nitrogens with one attached hydrogen (secondary N) is 2. The zero-order chi connectivity index (χ0) is 16.9. The van der Waals surface area contributed by atoms with Crippen LogP contribution in [-0.2, 0) is 11.2 Å². The molecule has 4 nitrogen and oxygen atoms in total. The van der Waals surface area contributed by atoms with Gasteiger partial charge in [0.1, 0.15) is 5.75 Å². The molecule has 0 bridgehead atoms. The number of hydrogen-bond acceptors (Lipinski definition) is 3. The molecular weight excluding hydrogens is 345 g/mol. The topological polar surface area (TPSA) is 50.4 Å². The van der Waals surface area contributed by atoms with Crippen molar-refractivity contribution in [3.8, 4) is 5.75 Å². The molecule has 0 aromatic heterocycles. The Balaban J connectivity index is 0.00000288. The van der Waals surface area contributed by atoms with Gasteiger partial charge in [-0.3, -0.25) is 4.79 Å². The van der Waals surface area contributed by atoms with Gasteiger partial charge < -0.3 is 15.4 Å². The van der Waals surface area contributed by atoms with Crippen molar-refractivity contribution in [2.75, 3.05) is 6.54 Å². The number of ether oxygens (including phenoxy) is 1. The maximum Gasteiger partial charge on any atom is 0.573 e. The fourth-order valence-electron chi connectivity index (χ4n) is 2.68. The number of rotatable bonds is 5. The average molecular weight is 367 g/mol. The summed E-state index contributed by atoms with van der Waals surface area (Å²) in [5.41, 5.74) is 0.799. The second-order valence-electron chi connectivity index (χ2n) is 5.84. The number of amides is 1. The van der Waals surface area contributed by atoms with Crippen molar-refractivity contribution in [2.24, 2.45) is 0 Å². The van der Waals surface area contributed by atoms with Gasteiger partial charge in [0.25, 0.3) is 0 Å². The van der Waals surface area contributed by atoms with E-state index >= 15 is 0 Å². The Labute approximate surface area is 145 Å². The molecule has 0 aliphatic carbocycles. The predicted molar refractivity (Wildman–Crippen MR) is 87.3 cm³/mol. The van der Waals surface area contributed by atoms with Crippen molar-refractivity contribution < 1.29 is 22.7 Å². The lowest BCUT2D eigenvalue weighted by Gasteiger charge is -2.28. The second kappa shape index (κ2) is 9.13. The number of piperidine rings is 1. The molecular formula is C16H22ClF3N2O2. The molecule has 2 unspecified atom stereocenters. The smallest absolute Gasteiger partial charge is 0.406 e. The van der Waals surface area contributed by atoms with Crippen LogP contribution in [0.4, 0.5) is 13.2 Å². The quantitative estimate of drug-likeness (QED) is 0.841. The molecule has 2 N–H and O–H groups in total. The molecule has 1 aromatic rings. The van der Waals surface area contributed by atoms with Crippen LogP contribution in [0, 0.1) is 0 Å². The number of carbonyl (C=O) groups excluding carboxylic acids is 1. The van der Waals surface area contributed by atoms with E-state index in [0.29, 0.717) is 18.9 Å². The van der Waals surface area contributed by atoms with Gasteiger partial charge in [-0.1, -0.05) is 12.1 Å². The van der Waals surface area contributed by atoms with Gasteiger partial charge >= 0.3 is 6.36 Å². The van der Waals surface area contributed by atoms with E-state index in [1.165, 1.54) is 12.1 Å². The van der Waals surface area contributed by atoms with Crippen LogP contribution in [0.2, 0.25) is 0 Å². The van der Waals surface area contributed by atoms with Crippen molar-refractivity contribution in [2.45, 2.75) is 51.1 Å². The predicted octanol–water partition coefficient (Wildman–Crippen LogP) is 3.20. The SMILES string of the molecule is CC1CC(NC(=O)CCc2ccc(OC(F)(F)F)cc2)CCN1.Cl. The second-order valence-corrected chi connectivity index (χ2v) is 5.84. The number of hydrogen-bond donors (Lipinski definition) is 2. The molecule has 0 saturated carbocycles. The molecule has 1 fully saturated rings. The van der Waals surface area contributed by atoms with E-state index in [0.717, 1.165) is 24.9 Å². The van der Waals surface area contributed by atoms with E-state index in [1.807, 2.05) is 0 Å². The molecule has 0 radical (unpaired) electrons. The summed E-state index contributed by atoms with van der Waals surface area (Å²) in [5, 5.41) is 6.33. The first-order valence-corrected chi connectivity index (χ1v) is 7.69. The van der Waals surface area contributed by atoms with Gasteiger partial charge in [0.05, 0.1) is 0 Å². The highest BCUT2D eigenvalue weighted by atomic mass is 35.5. The first-order chi connectivity index (χ1) is 10.8. The van der Waals surface area contributed by atoms with Crippen molar-refractivity contribution >= 4 is 18.3 Å². The third-order valence-electron chi connectivity index (χ3n) is 3.79. The Kier molecular flexibility index (Phi) is 7.83. The minimum Gasteiger partial charge on any atom is -0.406 e. The van der Waals surface area contributed by atoms with Crippen LogP contribution in [0.5, 0.6) is 5.75 Å². The van der Waals surface area contributed by atoms with E-state index in [2.05, 4.69) is 22.3 Å². The molecule has 0 spiro atoms. The summed E-state index contributed by atoms with van der Waals surface area (Å²) >= 11 is 0. The summed E-state index contributed by atoms with van der Waals surface area (Å²) in [6, 6.07) is 6.20. The van der Waals surface area contributed by atoms with Gasteiger partial charge in [-0.2, -0.15) is 0 Å². The molecule has 136 valence electrons. The van der Waals surface area contributed by atoms with E-state index in [-0.39, 0.29) is 30.1 Å². The highest BCUT2D eigenvalue weighted by molar-refractivity contribution is 5.85. The summed E-state index contributed by atoms with van der Waals surface area (Å²) in [5.74, 6) is -0.283. The van der Waals surface area contributed by atoms with Crippen LogP contribution in [0.1, 0.15) is 31.7 Å². The molecule has 1 amide bonds. The Morgan fingerprint density at radius 2 is 2.00 bits per heavy atom. The third kappa shape index (κ3) is 7.40. The van der Waals surface area contributed by atoms with Crippen LogP contribution >= 0.6 is 12.4 Å². The van der Waals surface area contributed by atoms with Gasteiger partial charge in [0, 0.05) is 18.5 Å². The van der Waals surface area contributed by atoms with E-state index < -0.39 is 6.36 Å². The van der Waals surface area contributed by atoms with Crippen molar-refractivity contribution in [1.29, 1.82) is 0 Å². The van der Waals surface area contributed by atoms with Crippen LogP contribution < -0.4 is 15.4 Å². The van der Waals surface area contributed by atoms with Gasteiger partial charge in [0.2, 0.25) is 5.91 Å². The molecule has 1 aliphatic heterocycles. The maximum atomic E-state index is 12.1. The Morgan fingerprint density at radius 1 is 1.33 bits per heavy atom. The number of carbonyl (C=O) groups is 1. The van der Waals surface area contributed by atoms with Crippen LogP contribution in [0.3, 0.4) is 0 Å². The monoisotopic (exact) mass is 366 g/mol. The normalized spacial score (nSPS) is 20.8. The van der Waals surface area contributed by atoms with Gasteiger partial charge in [-0.05, 0) is 50.4 Å². The van der Waals surface area contributed by atoms with Crippen molar-refractivity contribution in [1.82, 2.24) is 10.6 Å². The van der Waals surface area contributed by atoms with Crippen LogP contribution in [-0.4, -0.2) is 30.9 Å². The zero-order valence-electron chi connectivity index (χ0n) is 13.4. The van der Waals surface area contributed by atoms with Crippen LogP contribution in [0.25, 0.3) is 0 Å². The summed E-state index contributed by atoms with van der Waals surface area (Å²) in [6.45, 7) is 2.98. The molecule has 2 atom stereocenters. The van der Waals surface area contributed by atoms with Gasteiger partial charge in [0.15, 0.2) is 0 Å². The zero-order valence-corrected chi connectivity index (χ0v) is 14.2. The molecule has 1 aliphatic rings. The molecule has 1 saturated heterocycles. The largest absolute Gasteiger partial charge is 0.573 e. The number of alkyl halides is 3. The van der Waals surface area contributed by atoms with Crippen molar-refractivity contribution in [3.63, 3.8) is 0 Å². The first-order valence-electron chi connectivity index (χ1n) is 7.69. The summed E-state index contributed by atoms with van der Waals surface area (Å²) in [6.07, 6.45) is -2.06. The average Bonchev–Trinajstić information content (AvgIpc) is 2.45. The fourth-order valence-corrected chi connectivity index (χ4v) is 2.68. The van der Waals surface area contributed by atoms with E-state index in [4.69, 9.17) is 0 Å². The Morgan fingerprint density at radius 3 is 2.58 bits per heavy atom. The Bertz CT molecular complexity index is 523. The molecule has 1 aromatic carbocycles. The van der Waals surface area contributed by atoms with E-state index in [1.54, 1.807) is 12.1 Å². The minimum atomic E-state index is -4.69. The summed E-state index contributed by atoms with van der Waals surface area (Å²) < 4.78 is 40.0. The van der Waals surface area contributed by atoms with Crippen molar-refractivity contribution in [3.05, 3.63) is 29.8 Å². The number of aryl methyl sites for hydroxylation is 1. The Hall–Kier alpha value is -1.47. The highest BCUT2D eigenvalue weighted by Crippen LogP contribution is 2.23. The number of halogens is 4. The molecule has 24 heavy (non-hydrogen) atoms. The standard InChI is InChI=1S/C16H21F3N2O2.ClH/c1-11-10-13(8-9-20-11)21-15(22)7-4-12-2-5-14(6-3-12)23-16(17,18)19;/h2-3,5-6,11,13,20H,4,7-10H2,1H3,(H,21,22);1H. The van der Waals surface area contributed by atoms with Crippen LogP contribution in [0.15, 0.2) is 24.3 Å². The van der Waals surface area contributed by atoms with E-state index in [9.17, 15) is 18.0 Å². The molecule has 2 rings (SSSR count). The highest BCUT2D eigenvalue weighted by Gasteiger charge is 2.30. The summed E-state index contributed by atoms with van der Waals surface area (Å²) in [7, 11) is 0. The third-order valence-corrected chi connectivity index (χ3v) is 3.79. The lowest BCUT2D eigenvalue weighted by molar-refractivity contribution is -0.274. The molecule has 1 heterocycles.